The Morgan fingerprint density at radius 3 is 2.54 bits per heavy atom. The molecule has 0 saturated carbocycles. The maximum atomic E-state index is 13.1. The van der Waals surface area contributed by atoms with Gasteiger partial charge >= 0.3 is 11.6 Å². The molecule has 1 aromatic heterocycles. The van der Waals surface area contributed by atoms with Crippen molar-refractivity contribution in [2.45, 2.75) is 13.8 Å². The van der Waals surface area contributed by atoms with Crippen LogP contribution in [0.3, 0.4) is 0 Å². The molecule has 140 valence electrons. The molecule has 28 heavy (non-hydrogen) atoms. The molecule has 0 N–H and O–H groups in total. The van der Waals surface area contributed by atoms with Crippen LogP contribution < -0.4 is 10.4 Å². The Bertz CT molecular complexity index is 1230. The molecular formula is C21H14O7. The minimum Gasteiger partial charge on any atom is -0.457 e. The summed E-state index contributed by atoms with van der Waals surface area (Å²) in [5.41, 5.74) is 0.302. The lowest BCUT2D eigenvalue weighted by Crippen LogP contribution is -2.25. The molecular weight excluding hydrogens is 364 g/mol. The molecule has 7 heteroatoms. The van der Waals surface area contributed by atoms with Crippen molar-refractivity contribution in [2.24, 2.45) is 0 Å². The average Bonchev–Trinajstić information content (AvgIpc) is 2.66. The van der Waals surface area contributed by atoms with Crippen molar-refractivity contribution in [3.8, 4) is 5.75 Å². The number of esters is 1. The summed E-state index contributed by atoms with van der Waals surface area (Å²) in [5, 5.41) is 0.609. The lowest BCUT2D eigenvalue weighted by Gasteiger charge is -2.20. The molecule has 1 heterocycles. The SMILES string of the molecule is CC(=O)OCOc1cccc2c1C(=O)c1oc(=O)c3cc(C)ccc3c1C2=O. The Labute approximate surface area is 158 Å². The maximum absolute atomic E-state index is 13.1. The smallest absolute Gasteiger partial charge is 0.344 e. The highest BCUT2D eigenvalue weighted by atomic mass is 16.7. The first-order valence-electron chi connectivity index (χ1n) is 8.44. The highest BCUT2D eigenvalue weighted by Crippen LogP contribution is 2.35. The molecule has 0 radical (unpaired) electrons. The third-order valence-corrected chi connectivity index (χ3v) is 4.49. The number of rotatable bonds is 3. The van der Waals surface area contributed by atoms with Gasteiger partial charge in [-0.05, 0) is 19.1 Å². The van der Waals surface area contributed by atoms with Crippen LogP contribution in [-0.4, -0.2) is 24.3 Å². The fourth-order valence-corrected chi connectivity index (χ4v) is 3.25. The van der Waals surface area contributed by atoms with Crippen molar-refractivity contribution in [3.63, 3.8) is 0 Å². The van der Waals surface area contributed by atoms with Gasteiger partial charge < -0.3 is 13.9 Å². The second-order valence-corrected chi connectivity index (χ2v) is 6.38. The zero-order chi connectivity index (χ0) is 20.0. The number of aryl methyl sites for hydroxylation is 1. The monoisotopic (exact) mass is 378 g/mol. The fraction of sp³-hybridized carbons (Fsp3) is 0.143. The normalized spacial score (nSPS) is 12.5. The summed E-state index contributed by atoms with van der Waals surface area (Å²) in [4.78, 5) is 49.5. The van der Waals surface area contributed by atoms with Gasteiger partial charge in [-0.15, -0.1) is 0 Å². The van der Waals surface area contributed by atoms with Crippen LogP contribution in [0.25, 0.3) is 10.8 Å². The van der Waals surface area contributed by atoms with Gasteiger partial charge in [-0.25, -0.2) is 4.79 Å². The third kappa shape index (κ3) is 2.68. The summed E-state index contributed by atoms with van der Waals surface area (Å²) in [7, 11) is 0. The number of hydrogen-bond donors (Lipinski definition) is 0. The van der Waals surface area contributed by atoms with Gasteiger partial charge in [0.15, 0.2) is 11.5 Å². The second-order valence-electron chi connectivity index (χ2n) is 6.38. The Balaban J connectivity index is 1.90. The highest BCUT2D eigenvalue weighted by molar-refractivity contribution is 6.31. The van der Waals surface area contributed by atoms with Crippen LogP contribution >= 0.6 is 0 Å². The zero-order valence-electron chi connectivity index (χ0n) is 15.0. The molecule has 0 spiro atoms. The number of ether oxygens (including phenoxy) is 2. The topological polar surface area (TPSA) is 99.9 Å². The molecule has 0 atom stereocenters. The minimum atomic E-state index is -0.694. The molecule has 3 aromatic rings. The van der Waals surface area contributed by atoms with Crippen molar-refractivity contribution in [1.29, 1.82) is 0 Å². The summed E-state index contributed by atoms with van der Waals surface area (Å²) < 4.78 is 15.3. The molecule has 7 nitrogen and oxygen atoms in total. The van der Waals surface area contributed by atoms with Crippen LogP contribution in [0.1, 0.15) is 44.5 Å². The number of hydrogen-bond acceptors (Lipinski definition) is 7. The van der Waals surface area contributed by atoms with Gasteiger partial charge in [0.25, 0.3) is 0 Å². The van der Waals surface area contributed by atoms with Crippen LogP contribution in [0.2, 0.25) is 0 Å². The van der Waals surface area contributed by atoms with Crippen molar-refractivity contribution >= 4 is 28.3 Å². The summed E-state index contributed by atoms with van der Waals surface area (Å²) in [6.07, 6.45) is 0. The molecule has 0 aliphatic heterocycles. The molecule has 0 bridgehead atoms. The van der Waals surface area contributed by atoms with Crippen LogP contribution in [0, 0.1) is 6.92 Å². The Hall–Kier alpha value is -3.74. The molecule has 0 amide bonds. The fourth-order valence-electron chi connectivity index (χ4n) is 3.25. The van der Waals surface area contributed by atoms with E-state index in [9.17, 15) is 19.2 Å². The number of fused-ring (bicyclic) bond motifs is 4. The molecule has 1 aliphatic carbocycles. The van der Waals surface area contributed by atoms with Gasteiger partial charge in [0.05, 0.1) is 16.5 Å². The number of ketones is 2. The van der Waals surface area contributed by atoms with Crippen LogP contribution in [-0.2, 0) is 9.53 Å². The average molecular weight is 378 g/mol. The first kappa shape index (κ1) is 17.7. The minimum absolute atomic E-state index is 0.0261. The standard InChI is InChI=1S/C21H14O7/c1-10-6-7-12-14(8-10)21(25)28-20-17(12)18(23)13-4-3-5-15(16(13)19(20)24)27-9-26-11(2)22/h3-8H,9H2,1-2H3. The Morgan fingerprint density at radius 1 is 1.00 bits per heavy atom. The number of benzene rings is 2. The van der Waals surface area contributed by atoms with E-state index in [4.69, 9.17) is 13.9 Å². The number of carbonyl (C=O) groups excluding carboxylic acids is 3. The van der Waals surface area contributed by atoms with Gasteiger partial charge in [0.2, 0.25) is 12.6 Å². The predicted octanol–water partition coefficient (Wildman–Crippen LogP) is 2.78. The van der Waals surface area contributed by atoms with E-state index >= 15 is 0 Å². The van der Waals surface area contributed by atoms with Crippen LogP contribution in [0.5, 0.6) is 5.75 Å². The summed E-state index contributed by atoms with van der Waals surface area (Å²) in [6, 6.07) is 9.55. The lowest BCUT2D eigenvalue weighted by molar-refractivity contribution is -0.147. The van der Waals surface area contributed by atoms with E-state index in [-0.39, 0.29) is 33.6 Å². The molecule has 4 rings (SSSR count). The summed E-state index contributed by atoms with van der Waals surface area (Å²) >= 11 is 0. The van der Waals surface area contributed by atoms with Crippen LogP contribution in [0.4, 0.5) is 0 Å². The van der Waals surface area contributed by atoms with E-state index in [0.29, 0.717) is 5.39 Å². The Kier molecular flexibility index (Phi) is 4.07. The van der Waals surface area contributed by atoms with Gasteiger partial charge in [-0.1, -0.05) is 29.8 Å². The largest absolute Gasteiger partial charge is 0.457 e. The zero-order valence-corrected chi connectivity index (χ0v) is 15.0. The van der Waals surface area contributed by atoms with E-state index in [1.54, 1.807) is 24.3 Å². The van der Waals surface area contributed by atoms with Crippen molar-refractivity contribution < 1.29 is 28.3 Å². The van der Waals surface area contributed by atoms with Gasteiger partial charge in [0.1, 0.15) is 5.75 Å². The van der Waals surface area contributed by atoms with E-state index < -0.39 is 30.0 Å². The summed E-state index contributed by atoms with van der Waals surface area (Å²) in [6.45, 7) is 2.62. The Morgan fingerprint density at radius 2 is 1.79 bits per heavy atom. The molecule has 1 aliphatic rings. The molecule has 0 unspecified atom stereocenters. The van der Waals surface area contributed by atoms with E-state index in [1.165, 1.54) is 19.1 Å². The summed E-state index contributed by atoms with van der Waals surface area (Å²) in [5.74, 6) is -1.88. The van der Waals surface area contributed by atoms with E-state index in [0.717, 1.165) is 5.56 Å². The van der Waals surface area contributed by atoms with Crippen molar-refractivity contribution in [2.75, 3.05) is 6.79 Å². The highest BCUT2D eigenvalue weighted by Gasteiger charge is 2.36. The van der Waals surface area contributed by atoms with Gasteiger partial charge in [-0.3, -0.25) is 14.4 Å². The first-order chi connectivity index (χ1) is 13.4. The van der Waals surface area contributed by atoms with E-state index in [2.05, 4.69) is 0 Å². The van der Waals surface area contributed by atoms with Gasteiger partial charge in [0, 0.05) is 17.9 Å². The molecule has 2 aromatic carbocycles. The predicted molar refractivity (Wildman–Crippen MR) is 97.8 cm³/mol. The third-order valence-electron chi connectivity index (χ3n) is 4.49. The maximum Gasteiger partial charge on any atom is 0.344 e. The second kappa shape index (κ2) is 6.45. The lowest BCUT2D eigenvalue weighted by atomic mass is 9.85. The molecule has 0 saturated heterocycles. The van der Waals surface area contributed by atoms with Crippen molar-refractivity contribution in [3.05, 3.63) is 74.8 Å². The quantitative estimate of drug-likeness (QED) is 0.399. The number of carbonyl (C=O) groups is 3. The van der Waals surface area contributed by atoms with Crippen LogP contribution in [0.15, 0.2) is 45.6 Å². The first-order valence-corrected chi connectivity index (χ1v) is 8.44. The molecule has 0 fully saturated rings. The van der Waals surface area contributed by atoms with Gasteiger partial charge in [-0.2, -0.15) is 0 Å². The van der Waals surface area contributed by atoms with E-state index in [1.807, 2.05) is 6.92 Å². The van der Waals surface area contributed by atoms with Crippen molar-refractivity contribution in [1.82, 2.24) is 0 Å².